The number of ether oxygens (including phenoxy) is 3. The minimum absolute atomic E-state index is 0.0428. The summed E-state index contributed by atoms with van der Waals surface area (Å²) < 4.78 is 33.9. The van der Waals surface area contributed by atoms with E-state index in [4.69, 9.17) is 23.3 Å². The molecule has 2 aliphatic heterocycles. The number of fused-ring (bicyclic) bond motifs is 1. The van der Waals surface area contributed by atoms with Crippen LogP contribution >= 0.6 is 8.53 Å². The maximum Gasteiger partial charge on any atom is 0.261 e. The molecule has 1 fully saturated rings. The Labute approximate surface area is 348 Å². The highest BCUT2D eigenvalue weighted by Gasteiger charge is 2.44. The highest BCUT2D eigenvalue weighted by molar-refractivity contribution is 7.44. The molecule has 4 aromatic rings. The topological polar surface area (TPSA) is 131 Å². The Morgan fingerprint density at radius 1 is 0.797 bits per heavy atom. The summed E-state index contributed by atoms with van der Waals surface area (Å²) in [6, 6.07) is 34.6. The van der Waals surface area contributed by atoms with Gasteiger partial charge in [-0.25, -0.2) is 4.67 Å². The minimum atomic E-state index is -1.66. The molecule has 0 N–H and O–H groups in total. The van der Waals surface area contributed by atoms with E-state index in [2.05, 4.69) is 38.4 Å². The van der Waals surface area contributed by atoms with Crippen molar-refractivity contribution in [1.29, 1.82) is 5.26 Å². The molecule has 3 atom stereocenters. The molecule has 59 heavy (non-hydrogen) atoms. The summed E-state index contributed by atoms with van der Waals surface area (Å²) in [7, 11) is 1.60. The number of rotatable bonds is 19. The van der Waals surface area contributed by atoms with Crippen LogP contribution in [0.1, 0.15) is 77.9 Å². The second kappa shape index (κ2) is 19.7. The first-order chi connectivity index (χ1) is 28.5. The smallest absolute Gasteiger partial charge is 0.261 e. The molecule has 3 unspecified atom stereocenters. The fraction of sp³-hybridized carbons (Fsp3) is 0.391. The van der Waals surface area contributed by atoms with E-state index in [1.54, 1.807) is 43.4 Å². The zero-order valence-corrected chi connectivity index (χ0v) is 35.5. The molecule has 12 nitrogen and oxygen atoms in total. The summed E-state index contributed by atoms with van der Waals surface area (Å²) in [6.45, 7) is 9.17. The quantitative estimate of drug-likeness (QED) is 0.0400. The van der Waals surface area contributed by atoms with Crippen molar-refractivity contribution in [2.45, 2.75) is 64.3 Å². The van der Waals surface area contributed by atoms with Crippen LogP contribution in [0.2, 0.25) is 0 Å². The number of carbonyl (C=O) groups excluding carboxylic acids is 3. The molecule has 0 bridgehead atoms. The van der Waals surface area contributed by atoms with Gasteiger partial charge in [-0.15, -0.1) is 0 Å². The van der Waals surface area contributed by atoms with Gasteiger partial charge in [-0.1, -0.05) is 66.7 Å². The molecule has 3 amide bonds. The van der Waals surface area contributed by atoms with Crippen molar-refractivity contribution in [3.05, 3.63) is 131 Å². The van der Waals surface area contributed by atoms with Crippen molar-refractivity contribution < 1.29 is 37.6 Å². The van der Waals surface area contributed by atoms with Gasteiger partial charge in [-0.05, 0) is 80.8 Å². The Kier molecular flexibility index (Phi) is 14.5. The number of likely N-dealkylation sites (tertiary alicyclic amines) is 1. The highest BCUT2D eigenvalue weighted by Crippen LogP contribution is 2.49. The number of imide groups is 1. The maximum atomic E-state index is 14.1. The number of hydrogen-bond acceptors (Lipinski definition) is 10. The number of hydrogen-bond donors (Lipinski definition) is 0. The Hall–Kier alpha value is -5.15. The third kappa shape index (κ3) is 9.51. The van der Waals surface area contributed by atoms with E-state index in [9.17, 15) is 19.6 Å². The summed E-state index contributed by atoms with van der Waals surface area (Å²) in [6.07, 6.45) is -0.365. The molecule has 0 spiro atoms. The van der Waals surface area contributed by atoms with E-state index in [0.29, 0.717) is 29.2 Å². The molecule has 0 aliphatic carbocycles. The Bertz CT molecular complexity index is 2000. The molecular weight excluding hydrogens is 767 g/mol. The largest absolute Gasteiger partial charge is 0.497 e. The van der Waals surface area contributed by atoms with Crippen molar-refractivity contribution >= 4 is 26.2 Å². The van der Waals surface area contributed by atoms with Crippen LogP contribution in [0.3, 0.4) is 0 Å². The van der Waals surface area contributed by atoms with Crippen LogP contribution in [-0.4, -0.2) is 97.4 Å². The summed E-state index contributed by atoms with van der Waals surface area (Å²) in [5.41, 5.74) is 2.21. The summed E-state index contributed by atoms with van der Waals surface area (Å²) >= 11 is 0. The number of nitriles is 1. The lowest BCUT2D eigenvalue weighted by molar-refractivity contribution is -0.130. The lowest BCUT2D eigenvalue weighted by Gasteiger charge is -2.39. The number of benzene rings is 4. The van der Waals surface area contributed by atoms with Crippen molar-refractivity contribution in [1.82, 2.24) is 14.5 Å². The molecule has 0 radical (unpaired) electrons. The van der Waals surface area contributed by atoms with E-state index in [1.165, 1.54) is 0 Å². The summed E-state index contributed by atoms with van der Waals surface area (Å²) in [5.74, 6) is 0.0676. The van der Waals surface area contributed by atoms with Gasteiger partial charge in [0.1, 0.15) is 17.1 Å². The molecule has 2 aliphatic rings. The highest BCUT2D eigenvalue weighted by atomic mass is 31.2. The fourth-order valence-electron chi connectivity index (χ4n) is 7.85. The molecule has 4 aromatic carbocycles. The van der Waals surface area contributed by atoms with Gasteiger partial charge in [-0.2, -0.15) is 5.26 Å². The zero-order chi connectivity index (χ0) is 42.1. The van der Waals surface area contributed by atoms with Gasteiger partial charge < -0.3 is 28.2 Å². The first-order valence-corrected chi connectivity index (χ1v) is 21.1. The van der Waals surface area contributed by atoms with Crippen LogP contribution in [0.25, 0.3) is 0 Å². The van der Waals surface area contributed by atoms with Crippen LogP contribution in [-0.2, 0) is 24.2 Å². The number of amides is 3. The van der Waals surface area contributed by atoms with Crippen molar-refractivity contribution in [3.63, 3.8) is 0 Å². The number of carbonyl (C=O) groups is 3. The molecule has 13 heteroatoms. The van der Waals surface area contributed by atoms with Gasteiger partial charge in [0.05, 0.1) is 57.2 Å². The lowest BCUT2D eigenvalue weighted by atomic mass is 9.80. The molecule has 0 saturated carbocycles. The third-order valence-corrected chi connectivity index (χ3v) is 12.9. The van der Waals surface area contributed by atoms with Crippen molar-refractivity contribution in [2.24, 2.45) is 5.92 Å². The van der Waals surface area contributed by atoms with E-state index in [0.717, 1.165) is 21.6 Å². The standard InChI is InChI=1S/C46H53N4O8P/c1-32(2)50(33(3)4)59(57-28-12-26-47)58-42-30-48(43(51)25-27-49-44(52)40-15-10-11-16-41(40)45(49)53)29-34(42)31-56-46(35-13-8-7-9-14-35,36-17-21-38(54-5)22-18-36)37-19-23-39(55-6)24-20-37/h7-11,13-24,32-34,42H,12,25,27-31H2,1-6H3. The van der Waals surface area contributed by atoms with E-state index in [-0.39, 0.29) is 63.1 Å². The average molecular weight is 821 g/mol. The van der Waals surface area contributed by atoms with Crippen LogP contribution in [0.15, 0.2) is 103 Å². The first-order valence-electron chi connectivity index (χ1n) is 20.0. The fourth-order valence-corrected chi connectivity index (χ4v) is 9.62. The van der Waals surface area contributed by atoms with Crippen molar-refractivity contribution in [2.75, 3.05) is 47.1 Å². The maximum absolute atomic E-state index is 14.1. The van der Waals surface area contributed by atoms with E-state index >= 15 is 0 Å². The summed E-state index contributed by atoms with van der Waals surface area (Å²) in [5, 5.41) is 9.36. The molecule has 2 heterocycles. The SMILES string of the molecule is COc1ccc(C(OCC2CN(C(=O)CCN3C(=O)c4ccccc4C3=O)CC2OP(OCCC#N)N(C(C)C)C(C)C)(c2ccccc2)c2ccc(OC)cc2)cc1. The Balaban J connectivity index is 1.34. The van der Waals surface area contributed by atoms with Gasteiger partial charge in [0, 0.05) is 44.1 Å². The molecule has 310 valence electrons. The van der Waals surface area contributed by atoms with Gasteiger partial charge in [-0.3, -0.25) is 19.3 Å². The number of nitrogens with zero attached hydrogens (tertiary/aromatic N) is 4. The number of methoxy groups -OCH3 is 2. The second-order valence-corrected chi connectivity index (χ2v) is 16.5. The predicted molar refractivity (Wildman–Crippen MR) is 225 cm³/mol. The normalized spacial score (nSPS) is 17.2. The van der Waals surface area contributed by atoms with Gasteiger partial charge in [0.15, 0.2) is 0 Å². The van der Waals surface area contributed by atoms with Crippen LogP contribution in [0, 0.1) is 17.2 Å². The molecule has 6 rings (SSSR count). The first kappa shape index (κ1) is 43.4. The third-order valence-electron chi connectivity index (χ3n) is 10.7. The molecular formula is C46H53N4O8P. The predicted octanol–water partition coefficient (Wildman–Crippen LogP) is 7.82. The van der Waals surface area contributed by atoms with E-state index < -0.39 is 32.0 Å². The van der Waals surface area contributed by atoms with Crippen LogP contribution < -0.4 is 9.47 Å². The Morgan fingerprint density at radius 3 is 1.83 bits per heavy atom. The molecule has 0 aromatic heterocycles. The van der Waals surface area contributed by atoms with Gasteiger partial charge >= 0.3 is 0 Å². The van der Waals surface area contributed by atoms with Crippen LogP contribution in [0.5, 0.6) is 11.5 Å². The second-order valence-electron chi connectivity index (χ2n) is 15.1. The monoisotopic (exact) mass is 820 g/mol. The summed E-state index contributed by atoms with van der Waals surface area (Å²) in [4.78, 5) is 43.3. The van der Waals surface area contributed by atoms with Gasteiger partial charge in [0.25, 0.3) is 20.3 Å². The van der Waals surface area contributed by atoms with Crippen LogP contribution in [0.4, 0.5) is 0 Å². The van der Waals surface area contributed by atoms with Crippen molar-refractivity contribution in [3.8, 4) is 17.6 Å². The minimum Gasteiger partial charge on any atom is -0.497 e. The Morgan fingerprint density at radius 2 is 1.32 bits per heavy atom. The lowest BCUT2D eigenvalue weighted by Crippen LogP contribution is -2.38. The molecule has 1 saturated heterocycles. The van der Waals surface area contributed by atoms with E-state index in [1.807, 2.05) is 78.9 Å². The zero-order valence-electron chi connectivity index (χ0n) is 34.6. The van der Waals surface area contributed by atoms with Gasteiger partial charge in [0.2, 0.25) is 5.91 Å². The average Bonchev–Trinajstić information content (AvgIpc) is 3.77.